The molecule has 0 aromatic rings. The molecule has 76 valence electrons. The lowest BCUT2D eigenvalue weighted by Gasteiger charge is -2.16. The number of fused-ring (bicyclic) bond motifs is 1. The van der Waals surface area contributed by atoms with Gasteiger partial charge < -0.3 is 9.47 Å². The number of carbonyl (C=O) groups is 1. The predicted molar refractivity (Wildman–Crippen MR) is 51.7 cm³/mol. The Balaban J connectivity index is 2.07. The summed E-state index contributed by atoms with van der Waals surface area (Å²) >= 11 is 0. The van der Waals surface area contributed by atoms with Gasteiger partial charge in [0.2, 0.25) is 0 Å². The van der Waals surface area contributed by atoms with E-state index in [1.54, 1.807) is 0 Å². The first kappa shape index (κ1) is 9.46. The van der Waals surface area contributed by atoms with Gasteiger partial charge in [0.15, 0.2) is 0 Å². The van der Waals surface area contributed by atoms with E-state index >= 15 is 0 Å². The number of esters is 1. The molecule has 1 aliphatic heterocycles. The number of hydrogen-bond acceptors (Lipinski definition) is 3. The molecule has 3 heteroatoms. The van der Waals surface area contributed by atoms with Crippen LogP contribution in [0.3, 0.4) is 0 Å². The van der Waals surface area contributed by atoms with Crippen LogP contribution in [0.15, 0.2) is 24.3 Å². The molecular weight excluding hydrogens is 180 g/mol. The van der Waals surface area contributed by atoms with Gasteiger partial charge in [-0.15, -0.1) is 6.58 Å². The molecule has 3 nitrogen and oxygen atoms in total. The number of carbonyl (C=O) groups excluding carboxylic acids is 1. The van der Waals surface area contributed by atoms with Crippen LogP contribution in [0.4, 0.5) is 0 Å². The molecule has 1 fully saturated rings. The number of methoxy groups -OCH3 is 1. The topological polar surface area (TPSA) is 38.8 Å². The van der Waals surface area contributed by atoms with Gasteiger partial charge in [-0.1, -0.05) is 6.08 Å². The zero-order chi connectivity index (χ0) is 10.1. The third kappa shape index (κ3) is 1.60. The molecule has 0 amide bonds. The van der Waals surface area contributed by atoms with Crippen molar-refractivity contribution in [1.29, 1.82) is 0 Å². The van der Waals surface area contributed by atoms with Gasteiger partial charge in [-0.2, -0.15) is 0 Å². The van der Waals surface area contributed by atoms with E-state index in [4.69, 9.17) is 9.47 Å². The molecule has 0 bridgehead atoms. The lowest BCUT2D eigenvalue weighted by atomic mass is 9.86. The second kappa shape index (κ2) is 3.58. The highest BCUT2D eigenvalue weighted by molar-refractivity contribution is 5.88. The number of hydrogen-bond donors (Lipinski definition) is 0. The van der Waals surface area contributed by atoms with Crippen LogP contribution in [0.2, 0.25) is 0 Å². The average Bonchev–Trinajstić information content (AvgIpc) is 2.96. The summed E-state index contributed by atoms with van der Waals surface area (Å²) in [4.78, 5) is 11.3. The Morgan fingerprint density at radius 2 is 2.64 bits per heavy atom. The molecule has 0 N–H and O–H groups in total. The smallest absolute Gasteiger partial charge is 0.333 e. The molecule has 2 aliphatic rings. The summed E-state index contributed by atoms with van der Waals surface area (Å²) in [6.07, 6.45) is 5.86. The van der Waals surface area contributed by atoms with Crippen molar-refractivity contribution < 1.29 is 14.3 Å². The second-order valence-corrected chi connectivity index (χ2v) is 3.74. The van der Waals surface area contributed by atoms with Crippen molar-refractivity contribution in [3.63, 3.8) is 0 Å². The Morgan fingerprint density at radius 3 is 3.29 bits per heavy atom. The van der Waals surface area contributed by atoms with Gasteiger partial charge in [0.25, 0.3) is 0 Å². The maximum absolute atomic E-state index is 11.3. The molecule has 0 aromatic heterocycles. The minimum absolute atomic E-state index is 0.141. The second-order valence-electron chi connectivity index (χ2n) is 3.74. The van der Waals surface area contributed by atoms with Crippen molar-refractivity contribution in [2.75, 3.05) is 7.11 Å². The largest absolute Gasteiger partial charge is 0.466 e. The lowest BCUT2D eigenvalue weighted by Crippen LogP contribution is -2.19. The van der Waals surface area contributed by atoms with Crippen LogP contribution in [0.5, 0.6) is 0 Å². The Kier molecular flexibility index (Phi) is 2.42. The van der Waals surface area contributed by atoms with E-state index in [1.165, 1.54) is 7.11 Å². The summed E-state index contributed by atoms with van der Waals surface area (Å²) in [6, 6.07) is 0. The molecule has 2 rings (SSSR count). The van der Waals surface area contributed by atoms with E-state index in [-0.39, 0.29) is 12.1 Å². The van der Waals surface area contributed by atoms with Gasteiger partial charge in [0, 0.05) is 5.57 Å². The predicted octanol–water partition coefficient (Wildman–Crippen LogP) is 1.45. The minimum Gasteiger partial charge on any atom is -0.466 e. The van der Waals surface area contributed by atoms with Crippen molar-refractivity contribution in [2.45, 2.75) is 25.0 Å². The quantitative estimate of drug-likeness (QED) is 0.388. The molecule has 0 radical (unpaired) electrons. The van der Waals surface area contributed by atoms with Crippen LogP contribution in [0, 0.1) is 5.92 Å². The third-order valence-electron chi connectivity index (χ3n) is 2.79. The maximum Gasteiger partial charge on any atom is 0.333 e. The molecule has 1 saturated heterocycles. The van der Waals surface area contributed by atoms with E-state index in [2.05, 4.69) is 6.58 Å². The minimum atomic E-state index is -0.229. The Hall–Kier alpha value is -1.09. The number of rotatable bonds is 3. The van der Waals surface area contributed by atoms with Gasteiger partial charge in [-0.05, 0) is 24.8 Å². The Labute approximate surface area is 83.4 Å². The highest BCUT2D eigenvalue weighted by Crippen LogP contribution is 2.41. The molecule has 0 unspecified atom stereocenters. The van der Waals surface area contributed by atoms with Gasteiger partial charge >= 0.3 is 5.97 Å². The SMILES string of the molecule is C=CC[C@H]1CC(C(=O)OC)=C[C@H]2O[C@@H]12. The van der Waals surface area contributed by atoms with Crippen LogP contribution in [0.1, 0.15) is 12.8 Å². The van der Waals surface area contributed by atoms with Crippen molar-refractivity contribution in [2.24, 2.45) is 5.92 Å². The fourth-order valence-corrected chi connectivity index (χ4v) is 2.03. The summed E-state index contributed by atoms with van der Waals surface area (Å²) < 4.78 is 10.1. The van der Waals surface area contributed by atoms with Gasteiger partial charge in [-0.25, -0.2) is 4.79 Å². The van der Waals surface area contributed by atoms with Crippen molar-refractivity contribution in [3.8, 4) is 0 Å². The van der Waals surface area contributed by atoms with Crippen molar-refractivity contribution in [3.05, 3.63) is 24.3 Å². The molecule has 0 spiro atoms. The van der Waals surface area contributed by atoms with E-state index in [0.717, 1.165) is 18.4 Å². The molecular formula is C11H14O3. The van der Waals surface area contributed by atoms with Gasteiger partial charge in [-0.3, -0.25) is 0 Å². The zero-order valence-corrected chi connectivity index (χ0v) is 8.23. The van der Waals surface area contributed by atoms with Crippen molar-refractivity contribution in [1.82, 2.24) is 0 Å². The van der Waals surface area contributed by atoms with Crippen LogP contribution in [0.25, 0.3) is 0 Å². The monoisotopic (exact) mass is 194 g/mol. The summed E-state index contributed by atoms with van der Waals surface area (Å²) in [5.74, 6) is 0.171. The molecule has 1 heterocycles. The molecule has 1 aliphatic carbocycles. The molecule has 0 aromatic carbocycles. The van der Waals surface area contributed by atoms with Crippen LogP contribution in [-0.4, -0.2) is 25.3 Å². The number of ether oxygens (including phenoxy) is 2. The van der Waals surface area contributed by atoms with E-state index < -0.39 is 0 Å². The highest BCUT2D eigenvalue weighted by atomic mass is 16.6. The fourth-order valence-electron chi connectivity index (χ4n) is 2.03. The molecule has 3 atom stereocenters. The first-order valence-electron chi connectivity index (χ1n) is 4.81. The summed E-state index contributed by atoms with van der Waals surface area (Å²) in [5.41, 5.74) is 0.748. The summed E-state index contributed by atoms with van der Waals surface area (Å²) in [6.45, 7) is 3.71. The number of allylic oxidation sites excluding steroid dienone is 1. The standard InChI is InChI=1S/C11H14O3/c1-3-4-7-5-8(11(12)13-2)6-9-10(7)14-9/h3,6-7,9-10H,1,4-5H2,2H3/t7-,9+,10-/m0/s1. The summed E-state index contributed by atoms with van der Waals surface area (Å²) in [7, 11) is 1.41. The fraction of sp³-hybridized carbons (Fsp3) is 0.545. The van der Waals surface area contributed by atoms with Crippen LogP contribution < -0.4 is 0 Å². The first-order chi connectivity index (χ1) is 6.76. The average molecular weight is 194 g/mol. The number of epoxide rings is 1. The van der Waals surface area contributed by atoms with Gasteiger partial charge in [0.05, 0.1) is 13.2 Å². The van der Waals surface area contributed by atoms with Crippen molar-refractivity contribution >= 4 is 5.97 Å². The lowest BCUT2D eigenvalue weighted by molar-refractivity contribution is -0.136. The molecule has 0 saturated carbocycles. The Morgan fingerprint density at radius 1 is 1.86 bits per heavy atom. The normalized spacial score (nSPS) is 34.1. The van der Waals surface area contributed by atoms with Gasteiger partial charge in [0.1, 0.15) is 6.10 Å². The highest BCUT2D eigenvalue weighted by Gasteiger charge is 2.47. The maximum atomic E-state index is 11.3. The van der Waals surface area contributed by atoms with E-state index in [9.17, 15) is 4.79 Å². The zero-order valence-electron chi connectivity index (χ0n) is 8.23. The van der Waals surface area contributed by atoms with Crippen LogP contribution >= 0.6 is 0 Å². The van der Waals surface area contributed by atoms with Crippen LogP contribution in [-0.2, 0) is 14.3 Å². The Bertz CT molecular complexity index is 293. The first-order valence-corrected chi connectivity index (χ1v) is 4.81. The third-order valence-corrected chi connectivity index (χ3v) is 2.79. The van der Waals surface area contributed by atoms with E-state index in [1.807, 2.05) is 12.2 Å². The summed E-state index contributed by atoms with van der Waals surface area (Å²) in [5, 5.41) is 0. The van der Waals surface area contributed by atoms with E-state index in [0.29, 0.717) is 12.0 Å². The molecule has 14 heavy (non-hydrogen) atoms.